The number of nitro groups is 1. The van der Waals surface area contributed by atoms with E-state index >= 15 is 0 Å². The van der Waals surface area contributed by atoms with Crippen molar-refractivity contribution in [2.75, 3.05) is 11.5 Å². The molecule has 13 heteroatoms. The Labute approximate surface area is 189 Å². The Morgan fingerprint density at radius 1 is 1.12 bits per heavy atom. The molecule has 0 spiro atoms. The number of amides is 2. The summed E-state index contributed by atoms with van der Waals surface area (Å²) in [5.74, 6) is -1.30. The van der Waals surface area contributed by atoms with Crippen molar-refractivity contribution >= 4 is 46.7 Å². The third kappa shape index (κ3) is 5.62. The molecule has 2 amide bonds. The van der Waals surface area contributed by atoms with E-state index in [4.69, 9.17) is 17.3 Å². The normalized spacial score (nSPS) is 10.4. The molecule has 0 atom stereocenters. The van der Waals surface area contributed by atoms with E-state index in [2.05, 4.69) is 15.8 Å². The maximum atomic E-state index is 12.2. The first-order chi connectivity index (χ1) is 15.2. The van der Waals surface area contributed by atoms with Crippen molar-refractivity contribution in [3.8, 4) is 5.69 Å². The minimum atomic E-state index is -0.654. The Hall–Kier alpha value is -3.90. The molecule has 0 aliphatic rings. The highest BCUT2D eigenvalue weighted by molar-refractivity contribution is 7.99. The lowest BCUT2D eigenvalue weighted by atomic mass is 10.2. The van der Waals surface area contributed by atoms with Crippen LogP contribution in [0.3, 0.4) is 0 Å². The first-order valence-corrected chi connectivity index (χ1v) is 10.2. The average Bonchev–Trinajstić information content (AvgIpc) is 2.76. The number of hydrogen-bond acceptors (Lipinski definition) is 8. The van der Waals surface area contributed by atoms with E-state index in [9.17, 15) is 24.5 Å². The van der Waals surface area contributed by atoms with Crippen LogP contribution in [0.4, 0.5) is 11.5 Å². The fraction of sp³-hybridized carbons (Fsp3) is 0.0526. The van der Waals surface area contributed by atoms with E-state index in [-0.39, 0.29) is 28.0 Å². The van der Waals surface area contributed by atoms with Gasteiger partial charge in [-0.3, -0.25) is 39.9 Å². The van der Waals surface area contributed by atoms with Crippen molar-refractivity contribution in [1.82, 2.24) is 20.4 Å². The SMILES string of the molecule is Nc1cc(=O)nc(SCC(=O)NNC(=O)c2ccc([N+](=O)[O-])cc2)n1-c1ccc(Cl)cc1. The van der Waals surface area contributed by atoms with Crippen LogP contribution in [0.25, 0.3) is 5.69 Å². The summed E-state index contributed by atoms with van der Waals surface area (Å²) in [4.78, 5) is 50.0. The molecule has 0 fully saturated rings. The van der Waals surface area contributed by atoms with Crippen molar-refractivity contribution in [2.45, 2.75) is 5.16 Å². The summed E-state index contributed by atoms with van der Waals surface area (Å²) in [6, 6.07) is 12.7. The molecule has 11 nitrogen and oxygen atoms in total. The molecule has 4 N–H and O–H groups in total. The summed E-state index contributed by atoms with van der Waals surface area (Å²) in [5, 5.41) is 11.4. The highest BCUT2D eigenvalue weighted by atomic mass is 35.5. The molecular weight excluding hydrogens is 460 g/mol. The van der Waals surface area contributed by atoms with Crippen molar-refractivity contribution in [3.63, 3.8) is 0 Å². The van der Waals surface area contributed by atoms with E-state index in [1.165, 1.54) is 28.8 Å². The lowest BCUT2D eigenvalue weighted by Gasteiger charge is -2.15. The van der Waals surface area contributed by atoms with Crippen molar-refractivity contribution < 1.29 is 14.5 Å². The number of nitrogens with one attached hydrogen (secondary N) is 2. The maximum Gasteiger partial charge on any atom is 0.275 e. The number of thioether (sulfide) groups is 1. The number of carbonyl (C=O) groups is 2. The predicted molar refractivity (Wildman–Crippen MR) is 119 cm³/mol. The van der Waals surface area contributed by atoms with Crippen molar-refractivity contribution in [2.24, 2.45) is 0 Å². The molecule has 1 heterocycles. The Balaban J connectivity index is 1.64. The second-order valence-electron chi connectivity index (χ2n) is 6.21. The lowest BCUT2D eigenvalue weighted by molar-refractivity contribution is -0.384. The minimum Gasteiger partial charge on any atom is -0.385 e. The van der Waals surface area contributed by atoms with E-state index in [1.807, 2.05) is 0 Å². The van der Waals surface area contributed by atoms with Gasteiger partial charge >= 0.3 is 0 Å². The van der Waals surface area contributed by atoms with E-state index < -0.39 is 22.3 Å². The highest BCUT2D eigenvalue weighted by Gasteiger charge is 2.14. The number of non-ortho nitro benzene ring substituents is 1. The van der Waals surface area contributed by atoms with Crippen molar-refractivity contribution in [1.29, 1.82) is 0 Å². The molecular formula is C19H15ClN6O5S. The van der Waals surface area contributed by atoms with Crippen LogP contribution in [0.2, 0.25) is 5.02 Å². The monoisotopic (exact) mass is 474 g/mol. The van der Waals surface area contributed by atoms with Gasteiger partial charge in [-0.25, -0.2) is 0 Å². The summed E-state index contributed by atoms with van der Waals surface area (Å²) in [6.07, 6.45) is 0. The Bertz CT molecular complexity index is 1230. The second kappa shape index (κ2) is 9.94. The number of nitrogen functional groups attached to an aromatic ring is 1. The standard InChI is InChI=1S/C19H15ClN6O5S/c20-12-3-7-13(8-4-12)25-15(21)9-16(27)22-19(25)32-10-17(28)23-24-18(29)11-1-5-14(6-2-11)26(30)31/h1-9H,10,21H2,(H,23,28)(H,24,29). The first-order valence-electron chi connectivity index (χ1n) is 8.86. The summed E-state index contributed by atoms with van der Waals surface area (Å²) in [7, 11) is 0. The summed E-state index contributed by atoms with van der Waals surface area (Å²) >= 11 is 6.84. The first kappa shape index (κ1) is 22.8. The Morgan fingerprint density at radius 2 is 1.78 bits per heavy atom. The number of nitro benzene ring substituents is 1. The van der Waals surface area contributed by atoms with Gasteiger partial charge in [0, 0.05) is 34.5 Å². The maximum absolute atomic E-state index is 12.2. The van der Waals surface area contributed by atoms with Gasteiger partial charge in [-0.05, 0) is 36.4 Å². The number of nitrogens with two attached hydrogens (primary N) is 1. The smallest absolute Gasteiger partial charge is 0.275 e. The molecule has 32 heavy (non-hydrogen) atoms. The Kier molecular flexibility index (Phi) is 7.07. The average molecular weight is 475 g/mol. The van der Waals surface area contributed by atoms with Crippen LogP contribution in [-0.2, 0) is 4.79 Å². The Morgan fingerprint density at radius 3 is 2.41 bits per heavy atom. The van der Waals surface area contributed by atoms with E-state index in [1.54, 1.807) is 24.3 Å². The fourth-order valence-electron chi connectivity index (χ4n) is 2.52. The van der Waals surface area contributed by atoms with Gasteiger partial charge in [-0.15, -0.1) is 0 Å². The number of carbonyl (C=O) groups excluding carboxylic acids is 2. The zero-order valence-corrected chi connectivity index (χ0v) is 17.7. The van der Waals surface area contributed by atoms with Crippen LogP contribution >= 0.6 is 23.4 Å². The molecule has 0 radical (unpaired) electrons. The largest absolute Gasteiger partial charge is 0.385 e. The van der Waals surface area contributed by atoms with Crippen LogP contribution in [0.5, 0.6) is 0 Å². The summed E-state index contributed by atoms with van der Waals surface area (Å²) in [5.41, 5.74) is 10.4. The molecule has 0 saturated heterocycles. The molecule has 0 unspecified atom stereocenters. The highest BCUT2D eigenvalue weighted by Crippen LogP contribution is 2.23. The topological polar surface area (TPSA) is 162 Å². The van der Waals surface area contributed by atoms with Crippen LogP contribution in [0.15, 0.2) is 64.5 Å². The van der Waals surface area contributed by atoms with Crippen LogP contribution in [0, 0.1) is 10.1 Å². The third-order valence-corrected chi connectivity index (χ3v) is 5.19. The zero-order chi connectivity index (χ0) is 23.3. The summed E-state index contributed by atoms with van der Waals surface area (Å²) < 4.78 is 1.49. The molecule has 3 aromatic rings. The number of benzene rings is 2. The van der Waals surface area contributed by atoms with Gasteiger partial charge in [-0.1, -0.05) is 23.4 Å². The molecule has 0 aliphatic heterocycles. The number of halogens is 1. The number of nitrogens with zero attached hydrogens (tertiary/aromatic N) is 3. The number of hydrazine groups is 1. The third-order valence-electron chi connectivity index (χ3n) is 4.00. The minimum absolute atomic E-state index is 0.123. The number of anilines is 1. The van der Waals surface area contributed by atoms with Crippen LogP contribution < -0.4 is 22.1 Å². The van der Waals surface area contributed by atoms with Gasteiger partial charge in [0.15, 0.2) is 5.16 Å². The van der Waals surface area contributed by atoms with Gasteiger partial charge < -0.3 is 5.73 Å². The number of hydrogen-bond donors (Lipinski definition) is 3. The molecule has 3 rings (SSSR count). The van der Waals surface area contributed by atoms with E-state index in [0.717, 1.165) is 17.8 Å². The number of aromatic nitrogens is 2. The van der Waals surface area contributed by atoms with Gasteiger partial charge in [-0.2, -0.15) is 4.98 Å². The summed E-state index contributed by atoms with van der Waals surface area (Å²) in [6.45, 7) is 0. The second-order valence-corrected chi connectivity index (χ2v) is 7.59. The van der Waals surface area contributed by atoms with Crippen molar-refractivity contribution in [3.05, 3.63) is 85.7 Å². The van der Waals surface area contributed by atoms with Crippen LogP contribution in [0.1, 0.15) is 10.4 Å². The molecule has 1 aromatic heterocycles. The van der Waals surface area contributed by atoms with Gasteiger partial charge in [0.1, 0.15) is 5.82 Å². The number of rotatable bonds is 6. The van der Waals surface area contributed by atoms with Gasteiger partial charge in [0.2, 0.25) is 5.91 Å². The van der Waals surface area contributed by atoms with Crippen LogP contribution in [-0.4, -0.2) is 32.0 Å². The molecule has 164 valence electrons. The zero-order valence-electron chi connectivity index (χ0n) is 16.1. The molecule has 2 aromatic carbocycles. The van der Waals surface area contributed by atoms with Gasteiger partial charge in [0.05, 0.1) is 10.7 Å². The predicted octanol–water partition coefficient (Wildman–Crippen LogP) is 1.93. The lowest BCUT2D eigenvalue weighted by Crippen LogP contribution is -2.42. The fourth-order valence-corrected chi connectivity index (χ4v) is 3.48. The molecule has 0 aliphatic carbocycles. The molecule has 0 bridgehead atoms. The van der Waals surface area contributed by atoms with E-state index in [0.29, 0.717) is 10.7 Å². The van der Waals surface area contributed by atoms with Gasteiger partial charge in [0.25, 0.3) is 17.2 Å². The quantitative estimate of drug-likeness (QED) is 0.211. The molecule has 0 saturated carbocycles.